The molecule has 1 N–H and O–H groups in total. The Morgan fingerprint density at radius 2 is 1.67 bits per heavy atom. The lowest BCUT2D eigenvalue weighted by molar-refractivity contribution is 0.268. The average Bonchev–Trinajstić information content (AvgIpc) is 2.28. The lowest BCUT2D eigenvalue weighted by atomic mass is 9.85. The van der Waals surface area contributed by atoms with Crippen LogP contribution in [0, 0.1) is 23.6 Å². The second kappa shape index (κ2) is 6.89. The van der Waals surface area contributed by atoms with Crippen LogP contribution >= 0.6 is 0 Å². The minimum absolute atomic E-state index is 0.162. The predicted molar refractivity (Wildman–Crippen MR) is 76.0 cm³/mol. The zero-order valence-electron chi connectivity index (χ0n) is 12.2. The van der Waals surface area contributed by atoms with Gasteiger partial charge in [-0.2, -0.15) is 0 Å². The Labute approximate surface area is 111 Å². The van der Waals surface area contributed by atoms with Gasteiger partial charge in [0.15, 0.2) is 0 Å². The molecular formula is C16H26FN. The van der Waals surface area contributed by atoms with Gasteiger partial charge >= 0.3 is 0 Å². The summed E-state index contributed by atoms with van der Waals surface area (Å²) in [6.45, 7) is 12.1. The topological polar surface area (TPSA) is 12.0 Å². The van der Waals surface area contributed by atoms with Gasteiger partial charge < -0.3 is 5.32 Å². The Kier molecular flexibility index (Phi) is 5.80. The van der Waals surface area contributed by atoms with E-state index < -0.39 is 0 Å². The Balaban J connectivity index is 2.57. The van der Waals surface area contributed by atoms with Crippen LogP contribution in [0.25, 0.3) is 0 Å². The van der Waals surface area contributed by atoms with Crippen molar-refractivity contribution < 1.29 is 4.39 Å². The maximum absolute atomic E-state index is 13.2. The van der Waals surface area contributed by atoms with Gasteiger partial charge in [0, 0.05) is 6.04 Å². The number of benzene rings is 1. The third-order valence-corrected chi connectivity index (χ3v) is 3.72. The van der Waals surface area contributed by atoms with Crippen molar-refractivity contribution in [2.75, 3.05) is 6.54 Å². The molecule has 1 atom stereocenters. The van der Waals surface area contributed by atoms with Crippen LogP contribution in [0.3, 0.4) is 0 Å². The summed E-state index contributed by atoms with van der Waals surface area (Å²) in [6.07, 6.45) is 0. The van der Waals surface area contributed by atoms with Crippen molar-refractivity contribution >= 4 is 0 Å². The Bertz CT molecular complexity index is 352. The fraction of sp³-hybridized carbons (Fsp3) is 0.625. The molecule has 1 nitrogen and oxygen atoms in total. The fourth-order valence-corrected chi connectivity index (χ4v) is 2.45. The molecule has 0 aliphatic carbocycles. The summed E-state index contributed by atoms with van der Waals surface area (Å²) in [7, 11) is 0. The predicted octanol–water partition coefficient (Wildman–Crippen LogP) is 4.40. The molecular weight excluding hydrogens is 225 g/mol. The monoisotopic (exact) mass is 251 g/mol. The molecule has 0 saturated heterocycles. The van der Waals surface area contributed by atoms with E-state index in [0.29, 0.717) is 17.8 Å². The first-order valence-corrected chi connectivity index (χ1v) is 6.90. The standard InChI is InChI=1S/C16H26FN/c1-11(2)16(12(3)4)10-18-13(5)14-7-6-8-15(17)9-14/h6-9,11-13,16,18H,10H2,1-5H3. The van der Waals surface area contributed by atoms with Gasteiger partial charge in [0.2, 0.25) is 0 Å². The molecule has 0 fully saturated rings. The van der Waals surface area contributed by atoms with E-state index in [2.05, 4.69) is 39.9 Å². The summed E-state index contributed by atoms with van der Waals surface area (Å²) >= 11 is 0. The van der Waals surface area contributed by atoms with Crippen molar-refractivity contribution in [2.24, 2.45) is 17.8 Å². The van der Waals surface area contributed by atoms with Gasteiger partial charge in [-0.25, -0.2) is 4.39 Å². The molecule has 0 spiro atoms. The van der Waals surface area contributed by atoms with Crippen LogP contribution in [0.4, 0.5) is 4.39 Å². The number of halogens is 1. The van der Waals surface area contributed by atoms with Crippen LogP contribution in [0.5, 0.6) is 0 Å². The molecule has 1 unspecified atom stereocenters. The molecule has 1 aromatic carbocycles. The van der Waals surface area contributed by atoms with Crippen molar-refractivity contribution in [3.63, 3.8) is 0 Å². The van der Waals surface area contributed by atoms with Gasteiger partial charge in [-0.1, -0.05) is 39.8 Å². The highest BCUT2D eigenvalue weighted by atomic mass is 19.1. The van der Waals surface area contributed by atoms with Gasteiger partial charge in [0.25, 0.3) is 0 Å². The van der Waals surface area contributed by atoms with Crippen molar-refractivity contribution in [2.45, 2.75) is 40.7 Å². The SMILES string of the molecule is CC(NCC(C(C)C)C(C)C)c1cccc(F)c1. The third-order valence-electron chi connectivity index (χ3n) is 3.72. The van der Waals surface area contributed by atoms with E-state index in [-0.39, 0.29) is 11.9 Å². The Morgan fingerprint density at radius 1 is 1.06 bits per heavy atom. The van der Waals surface area contributed by atoms with Crippen molar-refractivity contribution in [1.82, 2.24) is 5.32 Å². The van der Waals surface area contributed by atoms with Crippen molar-refractivity contribution in [3.8, 4) is 0 Å². The zero-order valence-corrected chi connectivity index (χ0v) is 12.2. The molecule has 0 amide bonds. The molecule has 0 aromatic heterocycles. The first-order valence-electron chi connectivity index (χ1n) is 6.90. The first kappa shape index (κ1) is 15.2. The third kappa shape index (κ3) is 4.41. The van der Waals surface area contributed by atoms with E-state index in [9.17, 15) is 4.39 Å². The minimum Gasteiger partial charge on any atom is -0.310 e. The van der Waals surface area contributed by atoms with E-state index >= 15 is 0 Å². The molecule has 0 aliphatic heterocycles. The first-order chi connectivity index (χ1) is 8.41. The zero-order chi connectivity index (χ0) is 13.7. The molecule has 2 heteroatoms. The van der Waals surface area contributed by atoms with Crippen LogP contribution in [0.2, 0.25) is 0 Å². The normalized spacial score (nSPS) is 13.6. The van der Waals surface area contributed by atoms with E-state index in [1.807, 2.05) is 6.07 Å². The summed E-state index contributed by atoms with van der Waals surface area (Å²) in [4.78, 5) is 0. The molecule has 0 saturated carbocycles. The quantitative estimate of drug-likeness (QED) is 0.790. The minimum atomic E-state index is -0.162. The number of nitrogens with one attached hydrogen (secondary N) is 1. The number of rotatable bonds is 6. The highest BCUT2D eigenvalue weighted by Crippen LogP contribution is 2.21. The van der Waals surface area contributed by atoms with Gasteiger partial charge in [0.05, 0.1) is 0 Å². The van der Waals surface area contributed by atoms with E-state index in [1.54, 1.807) is 12.1 Å². The number of hydrogen-bond donors (Lipinski definition) is 1. The molecule has 102 valence electrons. The molecule has 0 radical (unpaired) electrons. The smallest absolute Gasteiger partial charge is 0.123 e. The highest BCUT2D eigenvalue weighted by molar-refractivity contribution is 5.19. The summed E-state index contributed by atoms with van der Waals surface area (Å²) in [6, 6.07) is 7.03. The maximum Gasteiger partial charge on any atom is 0.123 e. The Morgan fingerprint density at radius 3 is 2.17 bits per heavy atom. The molecule has 18 heavy (non-hydrogen) atoms. The maximum atomic E-state index is 13.2. The summed E-state index contributed by atoms with van der Waals surface area (Å²) in [5, 5.41) is 3.52. The highest BCUT2D eigenvalue weighted by Gasteiger charge is 2.18. The summed E-state index contributed by atoms with van der Waals surface area (Å²) in [5.74, 6) is 1.82. The molecule has 0 aliphatic rings. The summed E-state index contributed by atoms with van der Waals surface area (Å²) < 4.78 is 13.2. The lowest BCUT2D eigenvalue weighted by Gasteiger charge is -2.27. The second-order valence-corrected chi connectivity index (χ2v) is 5.84. The second-order valence-electron chi connectivity index (χ2n) is 5.84. The Hall–Kier alpha value is -0.890. The summed E-state index contributed by atoms with van der Waals surface area (Å²) in [5.41, 5.74) is 1.02. The molecule has 1 rings (SSSR count). The van der Waals surface area contributed by atoms with Crippen LogP contribution in [-0.4, -0.2) is 6.54 Å². The van der Waals surface area contributed by atoms with Gasteiger partial charge in [0.1, 0.15) is 5.82 Å². The van der Waals surface area contributed by atoms with E-state index in [0.717, 1.165) is 12.1 Å². The van der Waals surface area contributed by atoms with Crippen LogP contribution < -0.4 is 5.32 Å². The van der Waals surface area contributed by atoms with Gasteiger partial charge in [-0.15, -0.1) is 0 Å². The largest absolute Gasteiger partial charge is 0.310 e. The van der Waals surface area contributed by atoms with Gasteiger partial charge in [-0.3, -0.25) is 0 Å². The van der Waals surface area contributed by atoms with Crippen LogP contribution in [-0.2, 0) is 0 Å². The fourth-order valence-electron chi connectivity index (χ4n) is 2.45. The van der Waals surface area contributed by atoms with Crippen molar-refractivity contribution in [1.29, 1.82) is 0 Å². The van der Waals surface area contributed by atoms with Gasteiger partial charge in [-0.05, 0) is 48.9 Å². The van der Waals surface area contributed by atoms with Crippen LogP contribution in [0.1, 0.15) is 46.2 Å². The molecule has 0 heterocycles. The average molecular weight is 251 g/mol. The number of hydrogen-bond acceptors (Lipinski definition) is 1. The van der Waals surface area contributed by atoms with E-state index in [4.69, 9.17) is 0 Å². The van der Waals surface area contributed by atoms with E-state index in [1.165, 1.54) is 6.07 Å². The lowest BCUT2D eigenvalue weighted by Crippen LogP contribution is -2.31. The molecule has 1 aromatic rings. The van der Waals surface area contributed by atoms with Crippen molar-refractivity contribution in [3.05, 3.63) is 35.6 Å². The molecule has 0 bridgehead atoms. The van der Waals surface area contributed by atoms with Crippen LogP contribution in [0.15, 0.2) is 24.3 Å².